The normalized spacial score (nSPS) is 15.0. The van der Waals surface area contributed by atoms with E-state index in [0.29, 0.717) is 17.5 Å². The van der Waals surface area contributed by atoms with Crippen LogP contribution in [0.4, 0.5) is 5.82 Å². The Morgan fingerprint density at radius 2 is 1.71 bits per heavy atom. The second kappa shape index (κ2) is 4.80. The zero-order valence-corrected chi connectivity index (χ0v) is 11.8. The molecular formula is C15H15N5O. The van der Waals surface area contributed by atoms with Crippen molar-refractivity contribution in [1.29, 1.82) is 0 Å². The van der Waals surface area contributed by atoms with E-state index in [4.69, 9.17) is 4.42 Å². The molecule has 6 nitrogen and oxygen atoms in total. The third-order valence-electron chi connectivity index (χ3n) is 3.80. The largest absolute Gasteiger partial charge is 0.420 e. The van der Waals surface area contributed by atoms with Gasteiger partial charge in [-0.2, -0.15) is 0 Å². The summed E-state index contributed by atoms with van der Waals surface area (Å²) in [6.45, 7) is 3.85. The summed E-state index contributed by atoms with van der Waals surface area (Å²) >= 11 is 0. The lowest BCUT2D eigenvalue weighted by Gasteiger charge is -2.18. The van der Waals surface area contributed by atoms with E-state index in [1.165, 1.54) is 12.8 Å². The van der Waals surface area contributed by atoms with Crippen LogP contribution in [-0.2, 0) is 0 Å². The second-order valence-corrected chi connectivity index (χ2v) is 5.24. The summed E-state index contributed by atoms with van der Waals surface area (Å²) in [5.41, 5.74) is 0.647. The Kier molecular flexibility index (Phi) is 2.80. The Morgan fingerprint density at radius 1 is 0.952 bits per heavy atom. The van der Waals surface area contributed by atoms with Crippen molar-refractivity contribution in [2.45, 2.75) is 19.8 Å². The van der Waals surface area contributed by atoms with Crippen LogP contribution in [0.3, 0.4) is 0 Å². The van der Waals surface area contributed by atoms with Gasteiger partial charge in [0.15, 0.2) is 11.5 Å². The van der Waals surface area contributed by atoms with Crippen LogP contribution in [0.25, 0.3) is 22.4 Å². The molecule has 3 heterocycles. The molecule has 21 heavy (non-hydrogen) atoms. The van der Waals surface area contributed by atoms with E-state index in [0.717, 1.165) is 29.7 Å². The molecule has 1 saturated heterocycles. The smallest absolute Gasteiger partial charge is 0.268 e. The summed E-state index contributed by atoms with van der Waals surface area (Å²) in [6.07, 6.45) is 2.42. The minimum absolute atomic E-state index is 0.421. The molecule has 0 radical (unpaired) electrons. The lowest BCUT2D eigenvalue weighted by Crippen LogP contribution is -2.20. The maximum Gasteiger partial charge on any atom is 0.268 e. The Labute approximate surface area is 121 Å². The molecule has 0 bridgehead atoms. The fourth-order valence-corrected chi connectivity index (χ4v) is 2.80. The van der Waals surface area contributed by atoms with Crippen molar-refractivity contribution in [1.82, 2.24) is 20.4 Å². The minimum atomic E-state index is 0.421. The number of aryl methyl sites for hydroxylation is 1. The Balaban J connectivity index is 1.92. The van der Waals surface area contributed by atoms with Crippen molar-refractivity contribution >= 4 is 16.6 Å². The molecule has 3 aromatic rings. The first-order valence-corrected chi connectivity index (χ1v) is 7.14. The fourth-order valence-electron chi connectivity index (χ4n) is 2.80. The highest BCUT2D eigenvalue weighted by atomic mass is 16.4. The molecule has 0 atom stereocenters. The fraction of sp³-hybridized carbons (Fsp3) is 0.333. The van der Waals surface area contributed by atoms with E-state index >= 15 is 0 Å². The molecule has 0 spiro atoms. The molecule has 0 N–H and O–H groups in total. The van der Waals surface area contributed by atoms with Crippen LogP contribution in [0, 0.1) is 6.92 Å². The number of hydrogen-bond donors (Lipinski definition) is 0. The lowest BCUT2D eigenvalue weighted by molar-refractivity contribution is 0.530. The van der Waals surface area contributed by atoms with Gasteiger partial charge in [-0.1, -0.05) is 24.3 Å². The molecule has 0 saturated carbocycles. The zero-order chi connectivity index (χ0) is 14.2. The molecular weight excluding hydrogens is 266 g/mol. The predicted molar refractivity (Wildman–Crippen MR) is 79.0 cm³/mol. The highest BCUT2D eigenvalue weighted by molar-refractivity contribution is 5.99. The summed E-state index contributed by atoms with van der Waals surface area (Å²) < 4.78 is 5.50. The van der Waals surface area contributed by atoms with Gasteiger partial charge in [0.05, 0.1) is 0 Å². The second-order valence-electron chi connectivity index (χ2n) is 5.24. The predicted octanol–water partition coefficient (Wildman–Crippen LogP) is 2.59. The van der Waals surface area contributed by atoms with Crippen molar-refractivity contribution in [3.05, 3.63) is 30.2 Å². The third-order valence-corrected chi connectivity index (χ3v) is 3.80. The van der Waals surface area contributed by atoms with Gasteiger partial charge in [0.1, 0.15) is 0 Å². The van der Waals surface area contributed by atoms with Gasteiger partial charge in [-0.25, -0.2) is 0 Å². The molecule has 4 rings (SSSR count). The van der Waals surface area contributed by atoms with Crippen molar-refractivity contribution in [2.24, 2.45) is 0 Å². The lowest BCUT2D eigenvalue weighted by atomic mass is 10.1. The SMILES string of the molecule is Cc1nnc(-c2nnc(N3CCCC3)c3ccccc23)o1. The molecule has 2 aromatic heterocycles. The van der Waals surface area contributed by atoms with Crippen molar-refractivity contribution in [3.63, 3.8) is 0 Å². The van der Waals surface area contributed by atoms with Crippen LogP contribution in [0.5, 0.6) is 0 Å². The number of nitrogens with zero attached hydrogens (tertiary/aromatic N) is 5. The standard InChI is InChI=1S/C15H15N5O/c1-10-16-19-15(21-10)13-11-6-2-3-7-12(11)14(18-17-13)20-8-4-5-9-20/h2-3,6-7H,4-5,8-9H2,1H3. The molecule has 106 valence electrons. The number of fused-ring (bicyclic) bond motifs is 1. The Morgan fingerprint density at radius 3 is 2.43 bits per heavy atom. The highest BCUT2D eigenvalue weighted by Crippen LogP contribution is 2.31. The average Bonchev–Trinajstić information content (AvgIpc) is 3.17. The van der Waals surface area contributed by atoms with Crippen LogP contribution in [-0.4, -0.2) is 33.5 Å². The first-order chi connectivity index (χ1) is 10.3. The maximum atomic E-state index is 5.50. The van der Waals surface area contributed by atoms with Crippen molar-refractivity contribution < 1.29 is 4.42 Å². The van der Waals surface area contributed by atoms with Gasteiger partial charge in [-0.05, 0) is 12.8 Å². The molecule has 1 aromatic carbocycles. The number of rotatable bonds is 2. The molecule has 1 aliphatic rings. The molecule has 0 unspecified atom stereocenters. The summed E-state index contributed by atoms with van der Waals surface area (Å²) in [5.74, 6) is 1.90. The van der Waals surface area contributed by atoms with Crippen LogP contribution in [0.15, 0.2) is 28.7 Å². The molecule has 1 aliphatic heterocycles. The quantitative estimate of drug-likeness (QED) is 0.719. The van der Waals surface area contributed by atoms with E-state index in [1.54, 1.807) is 6.92 Å². The molecule has 6 heteroatoms. The van der Waals surface area contributed by atoms with Gasteiger partial charge < -0.3 is 9.32 Å². The van der Waals surface area contributed by atoms with Crippen LogP contribution < -0.4 is 4.90 Å². The Bertz CT molecular complexity index is 792. The van der Waals surface area contributed by atoms with Gasteiger partial charge in [0, 0.05) is 30.8 Å². The van der Waals surface area contributed by atoms with E-state index < -0.39 is 0 Å². The molecule has 0 amide bonds. The van der Waals surface area contributed by atoms with E-state index in [2.05, 4.69) is 31.4 Å². The minimum Gasteiger partial charge on any atom is -0.420 e. The maximum absolute atomic E-state index is 5.50. The highest BCUT2D eigenvalue weighted by Gasteiger charge is 2.20. The third kappa shape index (κ3) is 2.03. The summed E-state index contributed by atoms with van der Waals surface area (Å²) in [7, 11) is 0. The first kappa shape index (κ1) is 12.3. The summed E-state index contributed by atoms with van der Waals surface area (Å²) in [5, 5.41) is 18.8. The van der Waals surface area contributed by atoms with Gasteiger partial charge >= 0.3 is 0 Å². The number of benzene rings is 1. The number of aromatic nitrogens is 4. The van der Waals surface area contributed by atoms with Crippen LogP contribution in [0.2, 0.25) is 0 Å². The van der Waals surface area contributed by atoms with Crippen molar-refractivity contribution in [2.75, 3.05) is 18.0 Å². The number of anilines is 1. The van der Waals surface area contributed by atoms with Gasteiger partial charge in [0.2, 0.25) is 5.89 Å². The van der Waals surface area contributed by atoms with Crippen LogP contribution in [0.1, 0.15) is 18.7 Å². The van der Waals surface area contributed by atoms with Crippen molar-refractivity contribution in [3.8, 4) is 11.6 Å². The van der Waals surface area contributed by atoms with Gasteiger partial charge in [-0.15, -0.1) is 20.4 Å². The molecule has 0 aliphatic carbocycles. The Hall–Kier alpha value is -2.50. The molecule has 1 fully saturated rings. The number of hydrogen-bond acceptors (Lipinski definition) is 6. The van der Waals surface area contributed by atoms with E-state index in [9.17, 15) is 0 Å². The zero-order valence-electron chi connectivity index (χ0n) is 11.8. The monoisotopic (exact) mass is 281 g/mol. The summed E-state index contributed by atoms with van der Waals surface area (Å²) in [4.78, 5) is 2.29. The summed E-state index contributed by atoms with van der Waals surface area (Å²) in [6, 6.07) is 8.11. The van der Waals surface area contributed by atoms with Crippen LogP contribution >= 0.6 is 0 Å². The van der Waals surface area contributed by atoms with Gasteiger partial charge in [0.25, 0.3) is 5.89 Å². The topological polar surface area (TPSA) is 67.9 Å². The first-order valence-electron chi connectivity index (χ1n) is 7.14. The van der Waals surface area contributed by atoms with E-state index in [1.807, 2.05) is 18.2 Å². The average molecular weight is 281 g/mol. The van der Waals surface area contributed by atoms with Gasteiger partial charge in [-0.3, -0.25) is 0 Å². The van der Waals surface area contributed by atoms with E-state index in [-0.39, 0.29) is 0 Å².